The molecule has 14 heavy (non-hydrogen) atoms. The Bertz CT molecular complexity index is 206. The molecule has 0 aromatic rings. The van der Waals surface area contributed by atoms with Crippen LogP contribution in [-0.2, 0) is 14.4 Å². The van der Waals surface area contributed by atoms with E-state index in [9.17, 15) is 9.59 Å². The lowest BCUT2D eigenvalue weighted by molar-refractivity contribution is -0.149. The number of carboxylic acid groups (broad SMARTS) is 1. The molecule has 1 unspecified atom stereocenters. The van der Waals surface area contributed by atoms with Crippen molar-refractivity contribution in [1.82, 2.24) is 5.48 Å². The van der Waals surface area contributed by atoms with Crippen LogP contribution < -0.4 is 11.2 Å². The molecule has 0 aromatic heterocycles. The van der Waals surface area contributed by atoms with Gasteiger partial charge in [-0.2, -0.15) is 0 Å². The number of carbonyl (C=O) groups excluding carboxylic acids is 1. The van der Waals surface area contributed by atoms with Crippen molar-refractivity contribution in [3.05, 3.63) is 0 Å². The highest BCUT2D eigenvalue weighted by atomic mass is 16.7. The van der Waals surface area contributed by atoms with E-state index in [1.807, 2.05) is 19.3 Å². The van der Waals surface area contributed by atoms with Crippen molar-refractivity contribution in [2.45, 2.75) is 26.3 Å². The number of hydrogen-bond donors (Lipinski definition) is 3. The Labute approximate surface area is 82.4 Å². The first kappa shape index (κ1) is 12.9. The van der Waals surface area contributed by atoms with Crippen LogP contribution in [0.4, 0.5) is 0 Å². The molecule has 0 rings (SSSR count). The average Bonchev–Trinajstić information content (AvgIpc) is 2.01. The summed E-state index contributed by atoms with van der Waals surface area (Å²) in [7, 11) is 0. The third-order valence-corrected chi connectivity index (χ3v) is 1.43. The Morgan fingerprint density at radius 3 is 2.50 bits per heavy atom. The number of rotatable bonds is 6. The molecule has 1 amide bonds. The molecule has 0 saturated carbocycles. The van der Waals surface area contributed by atoms with Gasteiger partial charge < -0.3 is 10.8 Å². The zero-order chi connectivity index (χ0) is 11.1. The van der Waals surface area contributed by atoms with Gasteiger partial charge in [-0.25, -0.2) is 10.3 Å². The highest BCUT2D eigenvalue weighted by Crippen LogP contribution is 2.02. The van der Waals surface area contributed by atoms with E-state index in [2.05, 4.69) is 4.84 Å². The summed E-state index contributed by atoms with van der Waals surface area (Å²) in [6.07, 6.45) is 0.530. The molecular formula is C8H16N2O4. The molecule has 6 heteroatoms. The van der Waals surface area contributed by atoms with E-state index in [0.717, 1.165) is 0 Å². The molecule has 0 aromatic carbocycles. The van der Waals surface area contributed by atoms with Gasteiger partial charge >= 0.3 is 5.97 Å². The van der Waals surface area contributed by atoms with Gasteiger partial charge in [0.1, 0.15) is 0 Å². The molecule has 0 bridgehead atoms. The fourth-order valence-corrected chi connectivity index (χ4v) is 0.860. The molecule has 0 saturated heterocycles. The minimum Gasteiger partial charge on any atom is -0.479 e. The van der Waals surface area contributed by atoms with Gasteiger partial charge in [0, 0.05) is 0 Å². The molecule has 0 aliphatic rings. The molecule has 82 valence electrons. The molecule has 0 heterocycles. The molecule has 0 fully saturated rings. The van der Waals surface area contributed by atoms with Gasteiger partial charge in [0.2, 0.25) is 0 Å². The lowest BCUT2D eigenvalue weighted by Gasteiger charge is -2.13. The maximum absolute atomic E-state index is 11.1. The van der Waals surface area contributed by atoms with Crippen LogP contribution in [0.1, 0.15) is 20.3 Å². The van der Waals surface area contributed by atoms with Gasteiger partial charge in [-0.1, -0.05) is 13.8 Å². The van der Waals surface area contributed by atoms with E-state index in [-0.39, 0.29) is 0 Å². The van der Waals surface area contributed by atoms with Crippen LogP contribution in [0.15, 0.2) is 0 Å². The largest absolute Gasteiger partial charge is 0.479 e. The first-order valence-corrected chi connectivity index (χ1v) is 4.32. The maximum Gasteiger partial charge on any atom is 0.332 e. The van der Waals surface area contributed by atoms with Gasteiger partial charge in [0.15, 0.2) is 6.61 Å². The third-order valence-electron chi connectivity index (χ3n) is 1.43. The fourth-order valence-electron chi connectivity index (χ4n) is 0.860. The minimum absolute atomic E-state index is 0.301. The number of carbonyl (C=O) groups is 2. The van der Waals surface area contributed by atoms with E-state index in [1.165, 1.54) is 0 Å². The van der Waals surface area contributed by atoms with Crippen molar-refractivity contribution in [2.24, 2.45) is 11.7 Å². The van der Waals surface area contributed by atoms with Gasteiger partial charge in [-0.3, -0.25) is 9.63 Å². The first-order chi connectivity index (χ1) is 6.43. The average molecular weight is 204 g/mol. The highest BCUT2D eigenvalue weighted by molar-refractivity contribution is 5.80. The van der Waals surface area contributed by atoms with Gasteiger partial charge in [-0.05, 0) is 12.3 Å². The quantitative estimate of drug-likeness (QED) is 0.506. The molecule has 0 spiro atoms. The number of nitrogens with one attached hydrogen (secondary N) is 1. The van der Waals surface area contributed by atoms with E-state index >= 15 is 0 Å². The van der Waals surface area contributed by atoms with Crippen molar-refractivity contribution in [2.75, 3.05) is 6.61 Å². The van der Waals surface area contributed by atoms with Crippen LogP contribution in [0.5, 0.6) is 0 Å². The second kappa shape index (κ2) is 6.33. The monoisotopic (exact) mass is 204 g/mol. The number of amides is 1. The fraction of sp³-hybridized carbons (Fsp3) is 0.750. The van der Waals surface area contributed by atoms with E-state index < -0.39 is 24.5 Å². The number of hydroxylamine groups is 1. The minimum atomic E-state index is -1.15. The van der Waals surface area contributed by atoms with Crippen LogP contribution in [-0.4, -0.2) is 29.6 Å². The summed E-state index contributed by atoms with van der Waals surface area (Å²) in [4.78, 5) is 25.5. The van der Waals surface area contributed by atoms with Crippen molar-refractivity contribution in [1.29, 1.82) is 0 Å². The van der Waals surface area contributed by atoms with Crippen molar-refractivity contribution < 1.29 is 19.5 Å². The SMILES string of the molecule is CC(C)CC(N)C(=O)NOCC(=O)O. The van der Waals surface area contributed by atoms with E-state index in [1.54, 1.807) is 0 Å². The topological polar surface area (TPSA) is 102 Å². The number of nitrogens with two attached hydrogens (primary N) is 1. The summed E-state index contributed by atoms with van der Waals surface area (Å²) >= 11 is 0. The Morgan fingerprint density at radius 1 is 1.50 bits per heavy atom. The highest BCUT2D eigenvalue weighted by Gasteiger charge is 2.14. The molecular weight excluding hydrogens is 188 g/mol. The molecule has 6 nitrogen and oxygen atoms in total. The predicted molar refractivity (Wildman–Crippen MR) is 49.2 cm³/mol. The number of hydrogen-bond acceptors (Lipinski definition) is 4. The second-order valence-corrected chi connectivity index (χ2v) is 3.38. The van der Waals surface area contributed by atoms with E-state index in [4.69, 9.17) is 10.8 Å². The smallest absolute Gasteiger partial charge is 0.332 e. The first-order valence-electron chi connectivity index (χ1n) is 4.32. The Morgan fingerprint density at radius 2 is 2.07 bits per heavy atom. The molecule has 0 radical (unpaired) electrons. The third kappa shape index (κ3) is 6.38. The lowest BCUT2D eigenvalue weighted by Crippen LogP contribution is -2.41. The maximum atomic E-state index is 11.1. The molecule has 0 aliphatic heterocycles. The summed E-state index contributed by atoms with van der Waals surface area (Å²) in [5, 5.41) is 8.20. The van der Waals surface area contributed by atoms with Crippen LogP contribution in [0.3, 0.4) is 0 Å². The zero-order valence-corrected chi connectivity index (χ0v) is 8.32. The Hall–Kier alpha value is -1.14. The number of aliphatic carboxylic acids is 1. The van der Waals surface area contributed by atoms with Crippen LogP contribution in [0, 0.1) is 5.92 Å². The van der Waals surface area contributed by atoms with Crippen LogP contribution >= 0.6 is 0 Å². The lowest BCUT2D eigenvalue weighted by atomic mass is 10.0. The van der Waals surface area contributed by atoms with Gasteiger partial charge in [-0.15, -0.1) is 0 Å². The molecule has 0 aliphatic carbocycles. The summed E-state index contributed by atoms with van der Waals surface area (Å²) in [5.41, 5.74) is 7.47. The standard InChI is InChI=1S/C8H16N2O4/c1-5(2)3-6(9)8(13)10-14-4-7(11)12/h5-6H,3-4,9H2,1-2H3,(H,10,13)(H,11,12). The molecule has 1 atom stereocenters. The predicted octanol–water partition coefficient (Wildman–Crippen LogP) is -0.508. The van der Waals surface area contributed by atoms with Gasteiger partial charge in [0.25, 0.3) is 5.91 Å². The number of carboxylic acids is 1. The molecule has 4 N–H and O–H groups in total. The van der Waals surface area contributed by atoms with Crippen molar-refractivity contribution >= 4 is 11.9 Å². The van der Waals surface area contributed by atoms with Gasteiger partial charge in [0.05, 0.1) is 6.04 Å². The summed E-state index contributed by atoms with van der Waals surface area (Å²) < 4.78 is 0. The summed E-state index contributed by atoms with van der Waals surface area (Å²) in [5.74, 6) is -1.35. The van der Waals surface area contributed by atoms with Crippen molar-refractivity contribution in [3.63, 3.8) is 0 Å². The van der Waals surface area contributed by atoms with Crippen LogP contribution in [0.2, 0.25) is 0 Å². The van der Waals surface area contributed by atoms with Crippen LogP contribution in [0.25, 0.3) is 0 Å². The normalized spacial score (nSPS) is 12.6. The van der Waals surface area contributed by atoms with E-state index in [0.29, 0.717) is 12.3 Å². The second-order valence-electron chi connectivity index (χ2n) is 3.38. The van der Waals surface area contributed by atoms with Crippen molar-refractivity contribution in [3.8, 4) is 0 Å². The Kier molecular flexibility index (Phi) is 5.82. The summed E-state index contributed by atoms with van der Waals surface area (Å²) in [6.45, 7) is 3.30. The zero-order valence-electron chi connectivity index (χ0n) is 8.32. The summed E-state index contributed by atoms with van der Waals surface area (Å²) in [6, 6.07) is -0.663. The Balaban J connectivity index is 3.67.